The minimum Gasteiger partial charge on any atom is -0.475 e. The summed E-state index contributed by atoms with van der Waals surface area (Å²) in [6, 6.07) is 0. The van der Waals surface area contributed by atoms with E-state index in [2.05, 4.69) is 5.10 Å². The molecule has 0 amide bonds. The van der Waals surface area contributed by atoms with Crippen LogP contribution < -0.4 is 4.74 Å². The van der Waals surface area contributed by atoms with Crippen molar-refractivity contribution in [3.8, 4) is 5.75 Å². The Morgan fingerprint density at radius 1 is 1.39 bits per heavy atom. The van der Waals surface area contributed by atoms with Crippen LogP contribution in [0.5, 0.6) is 5.75 Å². The van der Waals surface area contributed by atoms with Crippen LogP contribution in [0, 0.1) is 19.8 Å². The highest BCUT2D eigenvalue weighted by Crippen LogP contribution is 2.24. The molecule has 0 fully saturated rings. The van der Waals surface area contributed by atoms with Crippen LogP contribution in [-0.2, 0) is 16.6 Å². The van der Waals surface area contributed by atoms with Gasteiger partial charge >= 0.3 is 5.97 Å². The first-order valence-corrected chi connectivity index (χ1v) is 6.11. The van der Waals surface area contributed by atoms with Crippen molar-refractivity contribution in [2.45, 2.75) is 40.2 Å². The Kier molecular flexibility index (Phi) is 4.76. The van der Waals surface area contributed by atoms with Gasteiger partial charge in [-0.05, 0) is 26.2 Å². The number of carbonyl (C=O) groups is 1. The summed E-state index contributed by atoms with van der Waals surface area (Å²) < 4.78 is 12.3. The molecule has 18 heavy (non-hydrogen) atoms. The minimum absolute atomic E-state index is 0.341. The maximum atomic E-state index is 11.7. The summed E-state index contributed by atoms with van der Waals surface area (Å²) in [5.41, 5.74) is 1.69. The second-order valence-electron chi connectivity index (χ2n) is 4.88. The molecule has 1 atom stereocenters. The lowest BCUT2D eigenvalue weighted by Crippen LogP contribution is -2.30. The van der Waals surface area contributed by atoms with Crippen molar-refractivity contribution in [2.75, 3.05) is 7.11 Å². The van der Waals surface area contributed by atoms with E-state index in [4.69, 9.17) is 9.47 Å². The van der Waals surface area contributed by atoms with Gasteiger partial charge in [0.15, 0.2) is 11.9 Å². The molecule has 0 unspecified atom stereocenters. The summed E-state index contributed by atoms with van der Waals surface area (Å²) >= 11 is 0. The van der Waals surface area contributed by atoms with E-state index in [0.29, 0.717) is 18.1 Å². The van der Waals surface area contributed by atoms with Crippen LogP contribution in [0.1, 0.15) is 31.7 Å². The topological polar surface area (TPSA) is 53.4 Å². The molecule has 0 spiro atoms. The highest BCUT2D eigenvalue weighted by Gasteiger charge is 2.25. The van der Waals surface area contributed by atoms with E-state index in [1.54, 1.807) is 4.68 Å². The van der Waals surface area contributed by atoms with Crippen molar-refractivity contribution >= 4 is 5.97 Å². The first-order valence-electron chi connectivity index (χ1n) is 6.11. The van der Waals surface area contributed by atoms with Crippen molar-refractivity contribution < 1.29 is 14.3 Å². The average Bonchev–Trinajstić information content (AvgIpc) is 2.53. The Bertz CT molecular complexity index is 424. The predicted molar refractivity (Wildman–Crippen MR) is 68.6 cm³/mol. The molecule has 1 rings (SSSR count). The SMILES string of the molecule is COC(=O)[C@@H](CC(C)C)Oc1c(C)nn(C)c1C. The molecule has 1 aromatic heterocycles. The van der Waals surface area contributed by atoms with Crippen molar-refractivity contribution in [2.24, 2.45) is 13.0 Å². The molecule has 102 valence electrons. The van der Waals surface area contributed by atoms with Gasteiger partial charge < -0.3 is 9.47 Å². The van der Waals surface area contributed by atoms with Gasteiger partial charge in [0, 0.05) is 7.05 Å². The molecule has 0 aliphatic carbocycles. The normalized spacial score (nSPS) is 12.6. The van der Waals surface area contributed by atoms with Gasteiger partial charge in [-0.3, -0.25) is 4.68 Å². The second kappa shape index (κ2) is 5.89. The predicted octanol–water partition coefficient (Wildman–Crippen LogP) is 2.00. The zero-order valence-corrected chi connectivity index (χ0v) is 12.0. The highest BCUT2D eigenvalue weighted by molar-refractivity contribution is 5.75. The Morgan fingerprint density at radius 2 is 2.00 bits per heavy atom. The average molecular weight is 254 g/mol. The zero-order valence-electron chi connectivity index (χ0n) is 12.0. The quantitative estimate of drug-likeness (QED) is 0.754. The number of hydrogen-bond acceptors (Lipinski definition) is 4. The standard InChI is InChI=1S/C13H22N2O3/c1-8(2)7-11(13(16)17-6)18-12-9(3)14-15(5)10(12)4/h8,11H,7H2,1-6H3/t11-/m1/s1. The van der Waals surface area contributed by atoms with Crippen LogP contribution in [0.25, 0.3) is 0 Å². The fourth-order valence-electron chi connectivity index (χ4n) is 1.82. The monoisotopic (exact) mass is 254 g/mol. The number of esters is 1. The maximum absolute atomic E-state index is 11.7. The third-order valence-electron chi connectivity index (χ3n) is 2.85. The fraction of sp³-hybridized carbons (Fsp3) is 0.692. The van der Waals surface area contributed by atoms with Gasteiger partial charge in [-0.1, -0.05) is 13.8 Å². The largest absolute Gasteiger partial charge is 0.475 e. The number of methoxy groups -OCH3 is 1. The van der Waals surface area contributed by atoms with Gasteiger partial charge in [0.1, 0.15) is 5.69 Å². The molecular formula is C13H22N2O3. The molecule has 0 bridgehead atoms. The Balaban J connectivity index is 2.92. The van der Waals surface area contributed by atoms with Crippen LogP contribution in [0.4, 0.5) is 0 Å². The second-order valence-corrected chi connectivity index (χ2v) is 4.88. The molecular weight excluding hydrogens is 232 g/mol. The van der Waals surface area contributed by atoms with Gasteiger partial charge in [0.2, 0.25) is 0 Å². The zero-order chi connectivity index (χ0) is 13.9. The molecule has 1 aromatic rings. The van der Waals surface area contributed by atoms with E-state index in [-0.39, 0.29) is 5.97 Å². The molecule has 0 N–H and O–H groups in total. The number of nitrogens with zero attached hydrogens (tertiary/aromatic N) is 2. The van der Waals surface area contributed by atoms with Crippen LogP contribution in [0.2, 0.25) is 0 Å². The van der Waals surface area contributed by atoms with Crippen molar-refractivity contribution in [3.63, 3.8) is 0 Å². The van der Waals surface area contributed by atoms with E-state index in [1.165, 1.54) is 7.11 Å². The third-order valence-corrected chi connectivity index (χ3v) is 2.85. The molecule has 0 saturated carbocycles. The molecule has 0 aliphatic rings. The van der Waals surface area contributed by atoms with Crippen LogP contribution in [-0.4, -0.2) is 29.0 Å². The van der Waals surface area contributed by atoms with E-state index >= 15 is 0 Å². The summed E-state index contributed by atoms with van der Waals surface area (Å²) in [6.07, 6.45) is 0.0529. The van der Waals surface area contributed by atoms with Crippen molar-refractivity contribution in [3.05, 3.63) is 11.4 Å². The Labute approximate surface area is 108 Å². The van der Waals surface area contributed by atoms with Gasteiger partial charge in [0.05, 0.1) is 12.8 Å². The molecule has 0 radical (unpaired) electrons. The molecule has 0 saturated heterocycles. The molecule has 5 nitrogen and oxygen atoms in total. The molecule has 0 aromatic carbocycles. The summed E-state index contributed by atoms with van der Waals surface area (Å²) in [7, 11) is 3.23. The number of rotatable bonds is 5. The smallest absolute Gasteiger partial charge is 0.347 e. The summed E-state index contributed by atoms with van der Waals surface area (Å²) in [4.78, 5) is 11.7. The van der Waals surface area contributed by atoms with Gasteiger partial charge in [-0.25, -0.2) is 4.79 Å². The number of ether oxygens (including phenoxy) is 2. The van der Waals surface area contributed by atoms with Crippen molar-refractivity contribution in [1.29, 1.82) is 0 Å². The van der Waals surface area contributed by atoms with Gasteiger partial charge in [0.25, 0.3) is 0 Å². The number of aromatic nitrogens is 2. The summed E-state index contributed by atoms with van der Waals surface area (Å²) in [5, 5.41) is 4.27. The van der Waals surface area contributed by atoms with E-state index in [9.17, 15) is 4.79 Å². The van der Waals surface area contributed by atoms with Crippen molar-refractivity contribution in [1.82, 2.24) is 9.78 Å². The maximum Gasteiger partial charge on any atom is 0.347 e. The molecule has 0 aliphatic heterocycles. The highest BCUT2D eigenvalue weighted by atomic mass is 16.6. The van der Waals surface area contributed by atoms with Gasteiger partial charge in [-0.15, -0.1) is 0 Å². The lowest BCUT2D eigenvalue weighted by molar-refractivity contribution is -0.149. The van der Waals surface area contributed by atoms with E-state index in [1.807, 2.05) is 34.7 Å². The van der Waals surface area contributed by atoms with E-state index < -0.39 is 6.10 Å². The first kappa shape index (κ1) is 14.5. The van der Waals surface area contributed by atoms with Crippen LogP contribution in [0.15, 0.2) is 0 Å². The lowest BCUT2D eigenvalue weighted by atomic mass is 10.1. The Morgan fingerprint density at radius 3 is 2.39 bits per heavy atom. The summed E-state index contributed by atoms with van der Waals surface area (Å²) in [6.45, 7) is 7.87. The van der Waals surface area contributed by atoms with Crippen LogP contribution in [0.3, 0.4) is 0 Å². The minimum atomic E-state index is -0.573. The van der Waals surface area contributed by atoms with Crippen LogP contribution >= 0.6 is 0 Å². The summed E-state index contributed by atoms with van der Waals surface area (Å²) in [5.74, 6) is 0.686. The Hall–Kier alpha value is -1.52. The first-order chi connectivity index (χ1) is 8.36. The fourth-order valence-corrected chi connectivity index (χ4v) is 1.82. The number of carbonyl (C=O) groups excluding carboxylic acids is 1. The molecule has 5 heteroatoms. The molecule has 1 heterocycles. The van der Waals surface area contributed by atoms with E-state index in [0.717, 1.165) is 11.4 Å². The lowest BCUT2D eigenvalue weighted by Gasteiger charge is -2.18. The number of hydrogen-bond donors (Lipinski definition) is 0. The number of aryl methyl sites for hydroxylation is 2. The van der Waals surface area contributed by atoms with Gasteiger partial charge in [-0.2, -0.15) is 5.10 Å². The third kappa shape index (κ3) is 3.24.